The molecule has 0 saturated heterocycles. The summed E-state index contributed by atoms with van der Waals surface area (Å²) in [7, 11) is -2.69. The first-order chi connectivity index (χ1) is 22.5. The molecule has 0 amide bonds. The third kappa shape index (κ3) is 6.37. The number of carbonyl (C=O) groups excluding carboxylic acids is 2. The van der Waals surface area contributed by atoms with E-state index in [-0.39, 0.29) is 36.4 Å². The Kier molecular flexibility index (Phi) is 9.07. The second-order valence-corrected chi connectivity index (χ2v) is 50.3. The Bertz CT molecular complexity index is 1340. The topological polar surface area (TPSA) is 71.1 Å². The molecule has 6 nitrogen and oxygen atoms in total. The molecular weight excluding hydrogens is 934 g/mol. The van der Waals surface area contributed by atoms with Gasteiger partial charge in [-0.15, -0.1) is 0 Å². The van der Waals surface area contributed by atoms with E-state index >= 15 is 0 Å². The molecule has 0 N–H and O–H groups in total. The van der Waals surface area contributed by atoms with Gasteiger partial charge < -0.3 is 0 Å². The van der Waals surface area contributed by atoms with Gasteiger partial charge in [-0.1, -0.05) is 0 Å². The summed E-state index contributed by atoms with van der Waals surface area (Å²) in [6, 6.07) is 16.4. The number of esters is 2. The van der Waals surface area contributed by atoms with Crippen LogP contribution in [0.25, 0.3) is 0 Å². The SMILES string of the molecule is CC1(OC(=O)COc2ccc([Te](I)(I)c3ccc(OCC(=O)OC4(C)C5CC6CC(C5)CC4C6)cc3)cc2)C2CC3CC(C2)CC1C3. The molecule has 8 saturated carbocycles. The van der Waals surface area contributed by atoms with E-state index in [1.54, 1.807) is 0 Å². The predicted molar refractivity (Wildman–Crippen MR) is 200 cm³/mol. The minimum absolute atomic E-state index is 0.0567. The minimum atomic E-state index is -2.69. The zero-order chi connectivity index (χ0) is 32.6. The molecule has 8 aliphatic rings. The van der Waals surface area contributed by atoms with Gasteiger partial charge in [0, 0.05) is 0 Å². The maximum atomic E-state index is 12.9. The van der Waals surface area contributed by atoms with Gasteiger partial charge in [0.1, 0.15) is 0 Å². The molecule has 0 unspecified atom stereocenters. The van der Waals surface area contributed by atoms with Crippen LogP contribution in [-0.2, 0) is 19.1 Å². The Balaban J connectivity index is 0.823. The van der Waals surface area contributed by atoms with Crippen molar-refractivity contribution in [3.8, 4) is 11.5 Å². The molecule has 0 radical (unpaired) electrons. The molecule has 0 spiro atoms. The van der Waals surface area contributed by atoms with Gasteiger partial charge in [-0.2, -0.15) is 0 Å². The van der Waals surface area contributed by atoms with Crippen molar-refractivity contribution in [1.29, 1.82) is 0 Å². The van der Waals surface area contributed by atoms with Gasteiger partial charge in [0.25, 0.3) is 0 Å². The van der Waals surface area contributed by atoms with Gasteiger partial charge in [-0.3, -0.25) is 0 Å². The molecular formula is C38H46I2O6Te. The number of ether oxygens (including phenoxy) is 4. The van der Waals surface area contributed by atoms with Crippen molar-refractivity contribution in [3.05, 3.63) is 48.5 Å². The molecule has 10 rings (SSSR count). The van der Waals surface area contributed by atoms with Gasteiger partial charge in [0.2, 0.25) is 0 Å². The van der Waals surface area contributed by atoms with Crippen LogP contribution in [0.1, 0.15) is 78.1 Å². The number of halogens is 2. The van der Waals surface area contributed by atoms with Crippen LogP contribution in [-0.4, -0.2) is 46.6 Å². The van der Waals surface area contributed by atoms with Crippen LogP contribution in [0, 0.1) is 47.3 Å². The number of hydrogen-bond acceptors (Lipinski definition) is 6. The molecule has 0 heterocycles. The third-order valence-corrected chi connectivity index (χ3v) is 31.7. The van der Waals surface area contributed by atoms with E-state index in [4.69, 9.17) is 18.9 Å². The Morgan fingerprint density at radius 2 is 0.872 bits per heavy atom. The monoisotopic (exact) mass is 982 g/mol. The Morgan fingerprint density at radius 3 is 1.17 bits per heavy atom. The standard InChI is InChI=1S/C38H46I2O6Te/c1-37(27-13-23-11-24(15-27)16-28(37)14-23)45-35(41)21-43-31-3-7-33(8-4-31)47(39,40)34-9-5-32(6-10-34)44-22-36(42)46-38(2)29-17-25-12-26(19-29)20-30(38)18-25/h3-10,23-30H,11-22H2,1-2H3. The van der Waals surface area contributed by atoms with E-state index < -0.39 is 10.3 Å². The number of benzene rings is 2. The summed E-state index contributed by atoms with van der Waals surface area (Å²) in [6.07, 6.45) is 12.5. The number of hydrogen-bond donors (Lipinski definition) is 0. The van der Waals surface area contributed by atoms with Crippen molar-refractivity contribution in [3.63, 3.8) is 0 Å². The van der Waals surface area contributed by atoms with Crippen LogP contribution < -0.4 is 16.7 Å². The normalized spacial score (nSPS) is 38.2. The van der Waals surface area contributed by atoms with Gasteiger partial charge in [-0.25, -0.2) is 0 Å². The maximum absolute atomic E-state index is 12.9. The average Bonchev–Trinajstić information content (AvgIpc) is 3.04. The van der Waals surface area contributed by atoms with E-state index in [2.05, 4.69) is 75.5 Å². The van der Waals surface area contributed by atoms with Crippen LogP contribution in [0.4, 0.5) is 0 Å². The van der Waals surface area contributed by atoms with Crippen molar-refractivity contribution in [2.45, 2.75) is 89.3 Å². The molecule has 0 aliphatic heterocycles. The van der Waals surface area contributed by atoms with Crippen molar-refractivity contribution >= 4 is 66.8 Å². The molecule has 0 atom stereocenters. The van der Waals surface area contributed by atoms with Crippen molar-refractivity contribution in [2.75, 3.05) is 13.2 Å². The summed E-state index contributed by atoms with van der Waals surface area (Å²) in [4.78, 5) is 25.8. The molecule has 47 heavy (non-hydrogen) atoms. The van der Waals surface area contributed by atoms with Gasteiger partial charge in [0.15, 0.2) is 0 Å². The van der Waals surface area contributed by atoms with E-state index in [1.165, 1.54) is 71.4 Å². The quantitative estimate of drug-likeness (QED) is 0.141. The van der Waals surface area contributed by atoms with E-state index in [1.807, 2.05) is 24.3 Å². The Labute approximate surface area is 302 Å². The van der Waals surface area contributed by atoms with Crippen molar-refractivity contribution in [2.24, 2.45) is 47.3 Å². The molecule has 254 valence electrons. The summed E-state index contributed by atoms with van der Waals surface area (Å²) in [5.41, 5.74) is -0.659. The van der Waals surface area contributed by atoms with Crippen molar-refractivity contribution in [1.82, 2.24) is 0 Å². The Hall–Kier alpha value is -0.770. The first kappa shape index (κ1) is 33.4. The zero-order valence-corrected chi connectivity index (χ0v) is 34.0. The molecule has 8 fully saturated rings. The molecule has 8 bridgehead atoms. The fourth-order valence-electron chi connectivity index (χ4n) is 11.0. The van der Waals surface area contributed by atoms with Gasteiger partial charge in [0.05, 0.1) is 0 Å². The van der Waals surface area contributed by atoms with Crippen molar-refractivity contribution < 1.29 is 28.5 Å². The first-order valence-electron chi connectivity index (χ1n) is 17.6. The molecule has 0 aromatic heterocycles. The molecule has 9 heteroatoms. The van der Waals surface area contributed by atoms with E-state index in [0.29, 0.717) is 35.2 Å². The Morgan fingerprint density at radius 1 is 0.574 bits per heavy atom. The molecule has 2 aromatic carbocycles. The summed E-state index contributed by atoms with van der Waals surface area (Å²) in [6.45, 7) is 4.24. The van der Waals surface area contributed by atoms with Gasteiger partial charge >= 0.3 is 292 Å². The van der Waals surface area contributed by atoms with E-state index in [9.17, 15) is 9.59 Å². The second kappa shape index (κ2) is 12.8. The van der Waals surface area contributed by atoms with Crippen LogP contribution in [0.2, 0.25) is 0 Å². The molecule has 2 aromatic rings. The number of rotatable bonds is 10. The van der Waals surface area contributed by atoms with Crippen LogP contribution in [0.5, 0.6) is 11.5 Å². The number of carbonyl (C=O) groups is 2. The van der Waals surface area contributed by atoms with Crippen LogP contribution >= 0.6 is 37.4 Å². The third-order valence-electron chi connectivity index (χ3n) is 13.1. The average molecular weight is 980 g/mol. The fraction of sp³-hybridized carbons (Fsp3) is 0.632. The molecule has 8 aliphatic carbocycles. The zero-order valence-electron chi connectivity index (χ0n) is 27.3. The fourth-order valence-corrected chi connectivity index (χ4v) is 22.3. The van der Waals surface area contributed by atoms with E-state index in [0.717, 1.165) is 23.7 Å². The predicted octanol–water partition coefficient (Wildman–Crippen LogP) is 7.39. The summed E-state index contributed by atoms with van der Waals surface area (Å²) >= 11 is 5.28. The second-order valence-electron chi connectivity index (χ2n) is 15.9. The summed E-state index contributed by atoms with van der Waals surface area (Å²) in [5, 5.41) is 0. The summed E-state index contributed by atoms with van der Waals surface area (Å²) in [5.74, 6) is 6.25. The van der Waals surface area contributed by atoms with Crippen LogP contribution in [0.15, 0.2) is 48.5 Å². The first-order valence-corrected chi connectivity index (χ1v) is 33.5. The van der Waals surface area contributed by atoms with Crippen LogP contribution in [0.3, 0.4) is 0 Å². The summed E-state index contributed by atoms with van der Waals surface area (Å²) < 4.78 is 26.8. The van der Waals surface area contributed by atoms with Gasteiger partial charge in [-0.05, 0) is 12.8 Å².